The van der Waals surface area contributed by atoms with Crippen LogP contribution in [0.15, 0.2) is 18.2 Å². The van der Waals surface area contributed by atoms with Crippen molar-refractivity contribution in [1.29, 1.82) is 0 Å². The van der Waals surface area contributed by atoms with Crippen LogP contribution in [0.5, 0.6) is 0 Å². The predicted molar refractivity (Wildman–Crippen MR) is 69.0 cm³/mol. The van der Waals surface area contributed by atoms with E-state index in [1.54, 1.807) is 0 Å². The van der Waals surface area contributed by atoms with Crippen LogP contribution in [0.2, 0.25) is 0 Å². The molecule has 1 heterocycles. The van der Waals surface area contributed by atoms with E-state index >= 15 is 0 Å². The first-order chi connectivity index (χ1) is 9.29. The Morgan fingerprint density at radius 2 is 1.90 bits per heavy atom. The fraction of sp³-hybridized carbons (Fsp3) is 0.500. The molecule has 0 radical (unpaired) electrons. The molecule has 1 N–H and O–H groups in total. The zero-order valence-corrected chi connectivity index (χ0v) is 11.1. The first-order valence-corrected chi connectivity index (χ1v) is 6.48. The Morgan fingerprint density at radius 1 is 1.30 bits per heavy atom. The van der Waals surface area contributed by atoms with Crippen LogP contribution >= 0.6 is 0 Å². The quantitative estimate of drug-likeness (QED) is 0.902. The lowest BCUT2D eigenvalue weighted by atomic mass is 9.98. The van der Waals surface area contributed by atoms with Crippen molar-refractivity contribution in [2.24, 2.45) is 5.92 Å². The lowest BCUT2D eigenvalue weighted by molar-refractivity contribution is -0.138. The summed E-state index contributed by atoms with van der Waals surface area (Å²) in [6.07, 6.45) is -2.79. The zero-order chi connectivity index (χ0) is 14.9. The van der Waals surface area contributed by atoms with Crippen LogP contribution in [0, 0.1) is 5.92 Å². The molecule has 1 aliphatic heterocycles. The van der Waals surface area contributed by atoms with Gasteiger partial charge in [-0.05, 0) is 37.0 Å². The van der Waals surface area contributed by atoms with Crippen LogP contribution in [0.25, 0.3) is 0 Å². The summed E-state index contributed by atoms with van der Waals surface area (Å²) >= 11 is 0. The molecule has 0 aliphatic carbocycles. The van der Waals surface area contributed by atoms with E-state index in [1.807, 2.05) is 4.90 Å². The molecule has 0 saturated carbocycles. The van der Waals surface area contributed by atoms with Crippen LogP contribution < -0.4 is 4.90 Å². The maximum Gasteiger partial charge on any atom is 0.417 e. The average molecular weight is 287 g/mol. The Hall–Kier alpha value is -1.72. The van der Waals surface area contributed by atoms with Crippen molar-refractivity contribution in [2.45, 2.75) is 25.9 Å². The SMILES string of the molecule is CC1CCN(c2ccc(C(=O)O)c(C(F)(F)F)c2)CC1. The van der Waals surface area contributed by atoms with E-state index in [2.05, 4.69) is 6.92 Å². The molecule has 6 heteroatoms. The van der Waals surface area contributed by atoms with Crippen molar-refractivity contribution in [1.82, 2.24) is 0 Å². The fourth-order valence-electron chi connectivity index (χ4n) is 2.42. The van der Waals surface area contributed by atoms with Gasteiger partial charge in [0, 0.05) is 18.8 Å². The van der Waals surface area contributed by atoms with Gasteiger partial charge in [-0.2, -0.15) is 13.2 Å². The topological polar surface area (TPSA) is 40.5 Å². The van der Waals surface area contributed by atoms with Gasteiger partial charge in [0.1, 0.15) is 0 Å². The summed E-state index contributed by atoms with van der Waals surface area (Å²) in [6.45, 7) is 3.52. The van der Waals surface area contributed by atoms with Crippen LogP contribution in [0.4, 0.5) is 18.9 Å². The highest BCUT2D eigenvalue weighted by Gasteiger charge is 2.36. The van der Waals surface area contributed by atoms with E-state index in [0.29, 0.717) is 24.7 Å². The molecular weight excluding hydrogens is 271 g/mol. The zero-order valence-electron chi connectivity index (χ0n) is 11.1. The van der Waals surface area contributed by atoms with Crippen LogP contribution in [-0.4, -0.2) is 24.2 Å². The third kappa shape index (κ3) is 3.05. The number of hydrogen-bond acceptors (Lipinski definition) is 2. The number of aromatic carboxylic acids is 1. The van der Waals surface area contributed by atoms with Crippen LogP contribution in [0.3, 0.4) is 0 Å². The average Bonchev–Trinajstić information content (AvgIpc) is 2.38. The van der Waals surface area contributed by atoms with Gasteiger partial charge in [-0.1, -0.05) is 6.92 Å². The minimum absolute atomic E-state index is 0.439. The van der Waals surface area contributed by atoms with Gasteiger partial charge in [-0.15, -0.1) is 0 Å². The number of rotatable bonds is 2. The number of alkyl halides is 3. The fourth-order valence-corrected chi connectivity index (χ4v) is 2.42. The van der Waals surface area contributed by atoms with E-state index in [9.17, 15) is 18.0 Å². The minimum atomic E-state index is -4.66. The van der Waals surface area contributed by atoms with Gasteiger partial charge in [-0.25, -0.2) is 4.79 Å². The second kappa shape index (κ2) is 5.34. The lowest BCUT2D eigenvalue weighted by Crippen LogP contribution is -2.33. The van der Waals surface area contributed by atoms with Crippen LogP contribution in [0.1, 0.15) is 35.7 Å². The third-order valence-corrected chi connectivity index (χ3v) is 3.69. The van der Waals surface area contributed by atoms with Crippen LogP contribution in [-0.2, 0) is 6.18 Å². The Labute approximate surface area is 115 Å². The predicted octanol–water partition coefficient (Wildman–Crippen LogP) is 3.64. The summed E-state index contributed by atoms with van der Waals surface area (Å²) in [5, 5.41) is 8.85. The van der Waals surface area contributed by atoms with Crippen molar-refractivity contribution in [3.63, 3.8) is 0 Å². The number of piperidine rings is 1. The Kier molecular flexibility index (Phi) is 3.92. The number of carboxylic acids is 1. The molecule has 1 saturated heterocycles. The Balaban J connectivity index is 2.35. The maximum absolute atomic E-state index is 12.9. The van der Waals surface area contributed by atoms with Crippen molar-refractivity contribution in [3.05, 3.63) is 29.3 Å². The van der Waals surface area contributed by atoms with Gasteiger partial charge >= 0.3 is 12.1 Å². The standard InChI is InChI=1S/C14H16F3NO2/c1-9-4-6-18(7-5-9)10-2-3-11(13(19)20)12(8-10)14(15,16)17/h2-3,8-9H,4-7H2,1H3,(H,19,20). The molecule has 0 atom stereocenters. The summed E-state index contributed by atoms with van der Waals surface area (Å²) in [5.41, 5.74) is -1.35. The summed E-state index contributed by atoms with van der Waals surface area (Å²) in [4.78, 5) is 12.8. The van der Waals surface area contributed by atoms with Crippen molar-refractivity contribution in [2.75, 3.05) is 18.0 Å². The number of carbonyl (C=O) groups is 1. The smallest absolute Gasteiger partial charge is 0.417 e. The largest absolute Gasteiger partial charge is 0.478 e. The number of anilines is 1. The van der Waals surface area contributed by atoms with E-state index in [1.165, 1.54) is 6.07 Å². The molecule has 1 aliphatic rings. The highest BCUT2D eigenvalue weighted by atomic mass is 19.4. The summed E-state index contributed by atoms with van der Waals surface area (Å²) in [5.74, 6) is -0.984. The molecule has 0 unspecified atom stereocenters. The van der Waals surface area contributed by atoms with Crippen molar-refractivity contribution >= 4 is 11.7 Å². The number of halogens is 3. The molecule has 1 fully saturated rings. The minimum Gasteiger partial charge on any atom is -0.478 e. The van der Waals surface area contributed by atoms with E-state index < -0.39 is 23.3 Å². The highest BCUT2D eigenvalue weighted by Crippen LogP contribution is 2.35. The van der Waals surface area contributed by atoms with Gasteiger partial charge in [0.15, 0.2) is 0 Å². The monoisotopic (exact) mass is 287 g/mol. The second-order valence-electron chi connectivity index (χ2n) is 5.20. The molecule has 0 bridgehead atoms. The molecule has 3 nitrogen and oxygen atoms in total. The van der Waals surface area contributed by atoms with Gasteiger partial charge in [0.05, 0.1) is 11.1 Å². The van der Waals surface area contributed by atoms with E-state index in [-0.39, 0.29) is 0 Å². The molecule has 0 amide bonds. The third-order valence-electron chi connectivity index (χ3n) is 3.69. The number of benzene rings is 1. The first kappa shape index (κ1) is 14.7. The Bertz CT molecular complexity index is 506. The molecule has 110 valence electrons. The van der Waals surface area contributed by atoms with E-state index in [0.717, 1.165) is 25.0 Å². The normalized spacial score (nSPS) is 17.3. The first-order valence-electron chi connectivity index (χ1n) is 6.48. The maximum atomic E-state index is 12.9. The van der Waals surface area contributed by atoms with Crippen molar-refractivity contribution < 1.29 is 23.1 Å². The van der Waals surface area contributed by atoms with Gasteiger partial charge in [-0.3, -0.25) is 0 Å². The molecular formula is C14H16F3NO2. The van der Waals surface area contributed by atoms with Crippen molar-refractivity contribution in [3.8, 4) is 0 Å². The molecule has 20 heavy (non-hydrogen) atoms. The summed E-state index contributed by atoms with van der Waals surface area (Å²) in [7, 11) is 0. The molecule has 1 aromatic rings. The molecule has 1 aromatic carbocycles. The number of hydrogen-bond donors (Lipinski definition) is 1. The second-order valence-corrected chi connectivity index (χ2v) is 5.20. The molecule has 0 spiro atoms. The van der Waals surface area contributed by atoms with Gasteiger partial charge < -0.3 is 10.0 Å². The molecule has 0 aromatic heterocycles. The summed E-state index contributed by atoms with van der Waals surface area (Å²) < 4.78 is 38.8. The van der Waals surface area contributed by atoms with Gasteiger partial charge in [0.2, 0.25) is 0 Å². The lowest BCUT2D eigenvalue weighted by Gasteiger charge is -2.32. The number of carboxylic acid groups (broad SMARTS) is 1. The highest BCUT2D eigenvalue weighted by molar-refractivity contribution is 5.90. The number of nitrogens with zero attached hydrogens (tertiary/aromatic N) is 1. The summed E-state index contributed by atoms with van der Waals surface area (Å²) in [6, 6.07) is 3.44. The van der Waals surface area contributed by atoms with Gasteiger partial charge in [0.25, 0.3) is 0 Å². The molecule has 2 rings (SSSR count). The Morgan fingerprint density at radius 3 is 2.40 bits per heavy atom. The van der Waals surface area contributed by atoms with E-state index in [4.69, 9.17) is 5.11 Å².